The Morgan fingerprint density at radius 1 is 1.37 bits per heavy atom. The van der Waals surface area contributed by atoms with Crippen LogP contribution in [0.2, 0.25) is 0 Å². The van der Waals surface area contributed by atoms with Crippen LogP contribution in [-0.2, 0) is 4.79 Å². The van der Waals surface area contributed by atoms with Gasteiger partial charge in [-0.3, -0.25) is 9.59 Å². The van der Waals surface area contributed by atoms with Gasteiger partial charge < -0.3 is 10.6 Å². The highest BCUT2D eigenvalue weighted by atomic mass is 16.2. The van der Waals surface area contributed by atoms with Crippen LogP contribution >= 0.6 is 0 Å². The van der Waals surface area contributed by atoms with Crippen LogP contribution in [0, 0.1) is 5.92 Å². The van der Waals surface area contributed by atoms with Gasteiger partial charge in [-0.05, 0) is 44.4 Å². The number of rotatable bonds is 3. The van der Waals surface area contributed by atoms with Crippen molar-refractivity contribution in [2.45, 2.75) is 32.7 Å². The maximum Gasteiger partial charge on any atom is 0.241 e. The standard InChI is InChI=1S/C15H20N2O2/c1-10-5-4-8-16-14(10)15(19)17-13-7-3-6-12(9-13)11(2)18/h3,6-7,9-10,14,16H,4-5,8H2,1-2H3,(H,17,19). The first-order valence-electron chi connectivity index (χ1n) is 6.73. The summed E-state index contributed by atoms with van der Waals surface area (Å²) in [5, 5.41) is 6.13. The van der Waals surface area contributed by atoms with Crippen molar-refractivity contribution >= 4 is 17.4 Å². The second-order valence-electron chi connectivity index (χ2n) is 5.18. The highest BCUT2D eigenvalue weighted by molar-refractivity contribution is 5.98. The Bertz CT molecular complexity index is 485. The van der Waals surface area contributed by atoms with E-state index in [2.05, 4.69) is 17.6 Å². The number of hydrogen-bond donors (Lipinski definition) is 2. The molecule has 0 spiro atoms. The Labute approximate surface area is 113 Å². The summed E-state index contributed by atoms with van der Waals surface area (Å²) in [6.45, 7) is 4.49. The lowest BCUT2D eigenvalue weighted by molar-refractivity contribution is -0.119. The predicted octanol–water partition coefficient (Wildman–Crippen LogP) is 2.22. The Morgan fingerprint density at radius 2 is 2.16 bits per heavy atom. The summed E-state index contributed by atoms with van der Waals surface area (Å²) in [5.41, 5.74) is 1.29. The third kappa shape index (κ3) is 3.41. The van der Waals surface area contributed by atoms with Gasteiger partial charge in [-0.1, -0.05) is 19.1 Å². The topological polar surface area (TPSA) is 58.2 Å². The zero-order valence-corrected chi connectivity index (χ0v) is 11.4. The lowest BCUT2D eigenvalue weighted by Gasteiger charge is -2.28. The second-order valence-corrected chi connectivity index (χ2v) is 5.18. The van der Waals surface area contributed by atoms with Crippen molar-refractivity contribution in [1.29, 1.82) is 0 Å². The number of hydrogen-bond acceptors (Lipinski definition) is 3. The molecular formula is C15H20N2O2. The van der Waals surface area contributed by atoms with Crippen LogP contribution in [0.4, 0.5) is 5.69 Å². The minimum Gasteiger partial charge on any atom is -0.325 e. The van der Waals surface area contributed by atoms with Crippen molar-refractivity contribution < 1.29 is 9.59 Å². The monoisotopic (exact) mass is 260 g/mol. The van der Waals surface area contributed by atoms with Crippen molar-refractivity contribution in [3.05, 3.63) is 29.8 Å². The predicted molar refractivity (Wildman–Crippen MR) is 75.3 cm³/mol. The van der Waals surface area contributed by atoms with E-state index in [1.165, 1.54) is 6.92 Å². The van der Waals surface area contributed by atoms with Crippen LogP contribution in [0.5, 0.6) is 0 Å². The Balaban J connectivity index is 2.06. The van der Waals surface area contributed by atoms with E-state index in [1.807, 2.05) is 0 Å². The van der Waals surface area contributed by atoms with E-state index in [1.54, 1.807) is 24.3 Å². The number of nitrogens with one attached hydrogen (secondary N) is 2. The van der Waals surface area contributed by atoms with E-state index >= 15 is 0 Å². The lowest BCUT2D eigenvalue weighted by atomic mass is 9.92. The van der Waals surface area contributed by atoms with Gasteiger partial charge in [0.1, 0.15) is 0 Å². The molecule has 0 radical (unpaired) electrons. The molecule has 1 heterocycles. The first-order chi connectivity index (χ1) is 9.08. The normalized spacial score (nSPS) is 22.8. The zero-order chi connectivity index (χ0) is 13.8. The molecule has 1 aliphatic heterocycles. The number of ketones is 1. The quantitative estimate of drug-likeness (QED) is 0.819. The third-order valence-electron chi connectivity index (χ3n) is 3.59. The lowest BCUT2D eigenvalue weighted by Crippen LogP contribution is -2.48. The molecule has 1 saturated heterocycles. The molecule has 0 aromatic heterocycles. The molecule has 2 N–H and O–H groups in total. The summed E-state index contributed by atoms with van der Waals surface area (Å²) in [7, 11) is 0. The SMILES string of the molecule is CC(=O)c1cccc(NC(=O)C2NCCCC2C)c1. The van der Waals surface area contributed by atoms with Crippen LogP contribution in [0.1, 0.15) is 37.0 Å². The van der Waals surface area contributed by atoms with Gasteiger partial charge >= 0.3 is 0 Å². The molecule has 19 heavy (non-hydrogen) atoms. The number of benzene rings is 1. The molecule has 2 rings (SSSR count). The molecule has 2 atom stereocenters. The fourth-order valence-electron chi connectivity index (χ4n) is 2.44. The van der Waals surface area contributed by atoms with E-state index in [9.17, 15) is 9.59 Å². The van der Waals surface area contributed by atoms with E-state index in [0.29, 0.717) is 17.2 Å². The van der Waals surface area contributed by atoms with E-state index in [0.717, 1.165) is 19.4 Å². The van der Waals surface area contributed by atoms with E-state index < -0.39 is 0 Å². The number of Topliss-reactive ketones (excluding diaryl/α,β-unsaturated/α-hetero) is 1. The number of amides is 1. The van der Waals surface area contributed by atoms with E-state index in [4.69, 9.17) is 0 Å². The molecule has 1 aromatic rings. The van der Waals surface area contributed by atoms with Crippen molar-refractivity contribution in [2.75, 3.05) is 11.9 Å². The van der Waals surface area contributed by atoms with Crippen LogP contribution < -0.4 is 10.6 Å². The van der Waals surface area contributed by atoms with Crippen LogP contribution in [0.15, 0.2) is 24.3 Å². The van der Waals surface area contributed by atoms with Crippen molar-refractivity contribution in [2.24, 2.45) is 5.92 Å². The zero-order valence-electron chi connectivity index (χ0n) is 11.4. The smallest absolute Gasteiger partial charge is 0.241 e. The van der Waals surface area contributed by atoms with Crippen molar-refractivity contribution in [1.82, 2.24) is 5.32 Å². The summed E-state index contributed by atoms with van der Waals surface area (Å²) in [4.78, 5) is 23.5. The highest BCUT2D eigenvalue weighted by Crippen LogP contribution is 2.18. The van der Waals surface area contributed by atoms with Gasteiger partial charge in [-0.25, -0.2) is 0 Å². The largest absolute Gasteiger partial charge is 0.325 e. The Kier molecular flexibility index (Phi) is 4.32. The van der Waals surface area contributed by atoms with E-state index in [-0.39, 0.29) is 17.7 Å². The van der Waals surface area contributed by atoms with Crippen molar-refractivity contribution in [3.63, 3.8) is 0 Å². The first kappa shape index (κ1) is 13.7. The number of piperidine rings is 1. The minimum atomic E-state index is -0.144. The summed E-state index contributed by atoms with van der Waals surface area (Å²) >= 11 is 0. The third-order valence-corrected chi connectivity index (χ3v) is 3.59. The van der Waals surface area contributed by atoms with Gasteiger partial charge in [0.2, 0.25) is 5.91 Å². The Hall–Kier alpha value is -1.68. The molecule has 102 valence electrons. The molecule has 1 amide bonds. The van der Waals surface area contributed by atoms with Gasteiger partial charge in [0.25, 0.3) is 0 Å². The van der Waals surface area contributed by atoms with Gasteiger partial charge in [0, 0.05) is 11.3 Å². The molecule has 0 saturated carbocycles. The summed E-state index contributed by atoms with van der Waals surface area (Å²) in [6, 6.07) is 6.91. The maximum atomic E-state index is 12.2. The summed E-state index contributed by atoms with van der Waals surface area (Å²) < 4.78 is 0. The molecule has 2 unspecified atom stereocenters. The van der Waals surface area contributed by atoms with Crippen LogP contribution in [0.3, 0.4) is 0 Å². The molecule has 4 heteroatoms. The van der Waals surface area contributed by atoms with Gasteiger partial charge in [0.15, 0.2) is 5.78 Å². The molecular weight excluding hydrogens is 240 g/mol. The van der Waals surface area contributed by atoms with Gasteiger partial charge in [0.05, 0.1) is 6.04 Å². The molecule has 0 bridgehead atoms. The maximum absolute atomic E-state index is 12.2. The molecule has 0 aliphatic carbocycles. The van der Waals surface area contributed by atoms with Crippen molar-refractivity contribution in [3.8, 4) is 0 Å². The minimum absolute atomic E-state index is 0.000239. The number of anilines is 1. The van der Waals surface area contributed by atoms with Gasteiger partial charge in [-0.2, -0.15) is 0 Å². The second kappa shape index (κ2) is 5.97. The first-order valence-corrected chi connectivity index (χ1v) is 6.73. The number of carbonyl (C=O) groups is 2. The molecule has 1 fully saturated rings. The fraction of sp³-hybridized carbons (Fsp3) is 0.467. The van der Waals surface area contributed by atoms with Crippen LogP contribution in [0.25, 0.3) is 0 Å². The summed E-state index contributed by atoms with van der Waals surface area (Å²) in [6.07, 6.45) is 2.18. The number of carbonyl (C=O) groups excluding carboxylic acids is 2. The molecule has 4 nitrogen and oxygen atoms in total. The summed E-state index contributed by atoms with van der Waals surface area (Å²) in [5.74, 6) is 0.318. The highest BCUT2D eigenvalue weighted by Gasteiger charge is 2.27. The molecule has 1 aromatic carbocycles. The average molecular weight is 260 g/mol. The molecule has 1 aliphatic rings. The van der Waals surface area contributed by atoms with Crippen LogP contribution in [-0.4, -0.2) is 24.3 Å². The average Bonchev–Trinajstić information content (AvgIpc) is 2.39. The fourth-order valence-corrected chi connectivity index (χ4v) is 2.44. The Morgan fingerprint density at radius 3 is 2.84 bits per heavy atom. The van der Waals surface area contributed by atoms with Gasteiger partial charge in [-0.15, -0.1) is 0 Å².